The van der Waals surface area contributed by atoms with Crippen molar-refractivity contribution in [2.24, 2.45) is 0 Å². The van der Waals surface area contributed by atoms with Crippen LogP contribution < -0.4 is 0 Å². The highest BCUT2D eigenvalue weighted by molar-refractivity contribution is 7.89. The molecule has 0 saturated carbocycles. The van der Waals surface area contributed by atoms with Crippen LogP contribution in [0.15, 0.2) is 75.4 Å². The second-order valence-electron chi connectivity index (χ2n) is 7.86. The molecule has 8 nitrogen and oxygen atoms in total. The molecule has 174 valence electrons. The second-order valence-corrected chi connectivity index (χ2v) is 10.7. The molecule has 0 radical (unpaired) electrons. The van der Waals surface area contributed by atoms with E-state index in [9.17, 15) is 13.2 Å². The summed E-state index contributed by atoms with van der Waals surface area (Å²) in [6.07, 6.45) is -0.153. The molecule has 0 saturated heterocycles. The number of benzene rings is 2. The van der Waals surface area contributed by atoms with Crippen LogP contribution in [0.5, 0.6) is 0 Å². The van der Waals surface area contributed by atoms with Gasteiger partial charge in [-0.1, -0.05) is 36.4 Å². The lowest BCUT2D eigenvalue weighted by Crippen LogP contribution is -2.36. The van der Waals surface area contributed by atoms with E-state index in [0.29, 0.717) is 25.4 Å². The summed E-state index contributed by atoms with van der Waals surface area (Å²) >= 11 is 1.46. The van der Waals surface area contributed by atoms with E-state index in [0.717, 1.165) is 16.0 Å². The van der Waals surface area contributed by atoms with Crippen molar-refractivity contribution < 1.29 is 22.4 Å². The predicted molar refractivity (Wildman–Crippen MR) is 126 cm³/mol. The van der Waals surface area contributed by atoms with E-state index >= 15 is 0 Å². The summed E-state index contributed by atoms with van der Waals surface area (Å²) < 4.78 is 39.1. The van der Waals surface area contributed by atoms with Crippen molar-refractivity contribution in [3.63, 3.8) is 0 Å². The van der Waals surface area contributed by atoms with Gasteiger partial charge < -0.3 is 9.15 Å². The molecule has 0 aliphatic carbocycles. The maximum atomic E-state index is 13.3. The second kappa shape index (κ2) is 9.13. The van der Waals surface area contributed by atoms with Crippen LogP contribution >= 0.6 is 11.3 Å². The van der Waals surface area contributed by atoms with E-state index < -0.39 is 22.1 Å². The van der Waals surface area contributed by atoms with Crippen LogP contribution in [0.25, 0.3) is 10.8 Å². The number of thiophene rings is 1. The number of ether oxygens (including phenoxy) is 1. The Bertz CT molecular complexity index is 1430. The first kappa shape index (κ1) is 22.5. The van der Waals surface area contributed by atoms with Gasteiger partial charge in [-0.2, -0.15) is 4.31 Å². The average molecular weight is 496 g/mol. The van der Waals surface area contributed by atoms with Crippen LogP contribution in [0.1, 0.15) is 40.4 Å². The van der Waals surface area contributed by atoms with Crippen molar-refractivity contribution in [3.8, 4) is 10.8 Å². The van der Waals surface area contributed by atoms with Gasteiger partial charge in [-0.15, -0.1) is 21.5 Å². The molecule has 5 rings (SSSR count). The van der Waals surface area contributed by atoms with E-state index in [-0.39, 0.29) is 16.3 Å². The lowest BCUT2D eigenvalue weighted by molar-refractivity contribution is 0.0279. The molecule has 0 bridgehead atoms. The van der Waals surface area contributed by atoms with E-state index in [4.69, 9.17) is 9.15 Å². The van der Waals surface area contributed by atoms with Crippen LogP contribution in [0.4, 0.5) is 0 Å². The number of carbonyl (C=O) groups excluding carboxylic acids is 1. The van der Waals surface area contributed by atoms with Crippen molar-refractivity contribution in [1.82, 2.24) is 14.5 Å². The quantitative estimate of drug-likeness (QED) is 0.364. The van der Waals surface area contributed by atoms with Crippen molar-refractivity contribution in [2.75, 3.05) is 6.54 Å². The van der Waals surface area contributed by atoms with Gasteiger partial charge in [0.05, 0.1) is 15.3 Å². The van der Waals surface area contributed by atoms with Gasteiger partial charge in [-0.25, -0.2) is 13.2 Å². The van der Waals surface area contributed by atoms with Crippen LogP contribution in [0, 0.1) is 0 Å². The minimum absolute atomic E-state index is 0.0479. The number of aromatic nitrogens is 2. The molecule has 0 spiro atoms. The zero-order chi connectivity index (χ0) is 23.7. The summed E-state index contributed by atoms with van der Waals surface area (Å²) in [5, 5.41) is 9.85. The first-order chi connectivity index (χ1) is 16.4. The summed E-state index contributed by atoms with van der Waals surface area (Å²) in [5.41, 5.74) is 2.27. The fraction of sp³-hybridized carbons (Fsp3) is 0.208. The van der Waals surface area contributed by atoms with Gasteiger partial charge in [0.15, 0.2) is 6.10 Å². The van der Waals surface area contributed by atoms with E-state index in [1.54, 1.807) is 6.92 Å². The number of hydrogen-bond acceptors (Lipinski definition) is 8. The van der Waals surface area contributed by atoms with Gasteiger partial charge in [-0.3, -0.25) is 0 Å². The maximum Gasteiger partial charge on any atom is 0.338 e. The normalized spacial score (nSPS) is 15.0. The van der Waals surface area contributed by atoms with Crippen molar-refractivity contribution in [2.45, 2.75) is 30.9 Å². The number of esters is 1. The third-order valence-corrected chi connectivity index (χ3v) is 8.31. The van der Waals surface area contributed by atoms with Crippen molar-refractivity contribution in [1.29, 1.82) is 0 Å². The Morgan fingerprint density at radius 2 is 1.91 bits per heavy atom. The standard InChI is InChI=1S/C24H21N3O5S2/c1-16(22-25-26-23(32-22)21-10-5-13-33-21)31-24(28)18-8-4-9-20(14-18)34(29,30)27-12-11-17-6-2-3-7-19(17)15-27/h2-10,13-14,16H,11-12,15H2,1H3. The lowest BCUT2D eigenvalue weighted by atomic mass is 10.0. The van der Waals surface area contributed by atoms with Crippen LogP contribution in [0.3, 0.4) is 0 Å². The monoisotopic (exact) mass is 495 g/mol. The fourth-order valence-electron chi connectivity index (χ4n) is 3.79. The van der Waals surface area contributed by atoms with Crippen LogP contribution in [-0.4, -0.2) is 35.4 Å². The Balaban J connectivity index is 1.31. The Labute approximate surface area is 200 Å². The Hall–Kier alpha value is -3.34. The molecule has 2 aromatic heterocycles. The zero-order valence-electron chi connectivity index (χ0n) is 18.2. The van der Waals surface area contributed by atoms with Crippen molar-refractivity contribution in [3.05, 3.63) is 88.6 Å². The summed E-state index contributed by atoms with van der Waals surface area (Å²) in [6.45, 7) is 2.30. The van der Waals surface area contributed by atoms with Gasteiger partial charge in [0, 0.05) is 13.1 Å². The molecule has 0 N–H and O–H groups in total. The molecule has 34 heavy (non-hydrogen) atoms. The molecular weight excluding hydrogens is 474 g/mol. The number of hydrogen-bond donors (Lipinski definition) is 0. The van der Waals surface area contributed by atoms with E-state index in [2.05, 4.69) is 10.2 Å². The summed E-state index contributed by atoms with van der Waals surface area (Å²) in [6, 6.07) is 17.4. The fourth-order valence-corrected chi connectivity index (χ4v) is 5.89. The van der Waals surface area contributed by atoms with Gasteiger partial charge in [0.25, 0.3) is 11.8 Å². The Morgan fingerprint density at radius 3 is 2.71 bits per heavy atom. The SMILES string of the molecule is CC(OC(=O)c1cccc(S(=O)(=O)N2CCc3ccccc3C2)c1)c1nnc(-c2cccs2)o1. The molecule has 0 amide bonds. The molecular formula is C24H21N3O5S2. The van der Waals surface area contributed by atoms with Gasteiger partial charge >= 0.3 is 5.97 Å². The van der Waals surface area contributed by atoms with Gasteiger partial charge in [-0.05, 0) is 54.1 Å². The number of fused-ring (bicyclic) bond motifs is 1. The van der Waals surface area contributed by atoms with Crippen LogP contribution in [-0.2, 0) is 27.7 Å². The highest BCUT2D eigenvalue weighted by Crippen LogP contribution is 2.28. The number of rotatable bonds is 6. The van der Waals surface area contributed by atoms with Gasteiger partial charge in [0.2, 0.25) is 10.0 Å². The first-order valence-corrected chi connectivity index (χ1v) is 13.0. The zero-order valence-corrected chi connectivity index (χ0v) is 19.9. The smallest absolute Gasteiger partial charge is 0.338 e. The summed E-state index contributed by atoms with van der Waals surface area (Å²) in [4.78, 5) is 13.6. The number of sulfonamides is 1. The molecule has 10 heteroatoms. The Kier molecular flexibility index (Phi) is 6.03. The molecule has 1 aliphatic rings. The third kappa shape index (κ3) is 4.39. The van der Waals surface area contributed by atoms with Crippen LogP contribution in [0.2, 0.25) is 0 Å². The number of nitrogens with zero attached hydrogens (tertiary/aromatic N) is 3. The lowest BCUT2D eigenvalue weighted by Gasteiger charge is -2.28. The third-order valence-electron chi connectivity index (χ3n) is 5.61. The van der Waals surface area contributed by atoms with Crippen molar-refractivity contribution >= 4 is 27.3 Å². The molecule has 3 heterocycles. The summed E-state index contributed by atoms with van der Waals surface area (Å²) in [7, 11) is -3.78. The maximum absolute atomic E-state index is 13.3. The van der Waals surface area contributed by atoms with Gasteiger partial charge in [0.1, 0.15) is 0 Å². The summed E-state index contributed by atoms with van der Waals surface area (Å²) in [5.74, 6) is -0.166. The van der Waals surface area contributed by atoms with E-state index in [1.807, 2.05) is 41.8 Å². The molecule has 2 aromatic carbocycles. The molecule has 1 unspecified atom stereocenters. The first-order valence-electron chi connectivity index (χ1n) is 10.7. The highest BCUT2D eigenvalue weighted by Gasteiger charge is 2.29. The Morgan fingerprint density at radius 1 is 1.09 bits per heavy atom. The predicted octanol–water partition coefficient (Wildman–Crippen LogP) is 4.46. The van der Waals surface area contributed by atoms with E-state index in [1.165, 1.54) is 39.9 Å². The highest BCUT2D eigenvalue weighted by atomic mass is 32.2. The number of carbonyl (C=O) groups is 1. The average Bonchev–Trinajstić information content (AvgIpc) is 3.56. The topological polar surface area (TPSA) is 103 Å². The minimum atomic E-state index is -3.78. The molecule has 1 aliphatic heterocycles. The minimum Gasteiger partial charge on any atom is -0.449 e. The molecule has 0 fully saturated rings. The molecule has 1 atom stereocenters. The largest absolute Gasteiger partial charge is 0.449 e. The molecule has 4 aromatic rings.